The predicted molar refractivity (Wildman–Crippen MR) is 96.0 cm³/mol. The SMILES string of the molecule is Clc1ccc2c(c1)CN(CN1CCc3ccc(Cl)cc3C1)CC2. The van der Waals surface area contributed by atoms with E-state index >= 15 is 0 Å². The minimum absolute atomic E-state index is 0.840. The van der Waals surface area contributed by atoms with Gasteiger partial charge in [-0.05, 0) is 59.4 Å². The third-order valence-electron chi connectivity index (χ3n) is 4.92. The Morgan fingerprint density at radius 2 is 1.17 bits per heavy atom. The highest BCUT2D eigenvalue weighted by Crippen LogP contribution is 2.25. The molecule has 2 aliphatic rings. The van der Waals surface area contributed by atoms with Crippen molar-refractivity contribution in [3.05, 3.63) is 68.7 Å². The summed E-state index contributed by atoms with van der Waals surface area (Å²) >= 11 is 12.3. The molecule has 0 saturated heterocycles. The highest BCUT2D eigenvalue weighted by Gasteiger charge is 2.21. The number of halogens is 2. The highest BCUT2D eigenvalue weighted by atomic mass is 35.5. The third kappa shape index (κ3) is 3.41. The van der Waals surface area contributed by atoms with Crippen molar-refractivity contribution < 1.29 is 0 Å². The number of benzene rings is 2. The van der Waals surface area contributed by atoms with Crippen LogP contribution >= 0.6 is 23.2 Å². The first kappa shape index (κ1) is 15.5. The van der Waals surface area contributed by atoms with E-state index in [-0.39, 0.29) is 0 Å². The number of nitrogens with zero attached hydrogens (tertiary/aromatic N) is 2. The van der Waals surface area contributed by atoms with E-state index in [1.165, 1.54) is 22.3 Å². The first-order valence-electron chi connectivity index (χ1n) is 8.17. The maximum Gasteiger partial charge on any atom is 0.0513 e. The summed E-state index contributed by atoms with van der Waals surface area (Å²) in [6, 6.07) is 12.6. The van der Waals surface area contributed by atoms with Gasteiger partial charge in [0.15, 0.2) is 0 Å². The van der Waals surface area contributed by atoms with Crippen LogP contribution in [0.5, 0.6) is 0 Å². The van der Waals surface area contributed by atoms with E-state index in [0.717, 1.165) is 55.7 Å². The van der Waals surface area contributed by atoms with Crippen molar-refractivity contribution in [1.29, 1.82) is 0 Å². The van der Waals surface area contributed by atoms with Crippen molar-refractivity contribution in [3.8, 4) is 0 Å². The Labute approximate surface area is 147 Å². The number of hydrogen-bond acceptors (Lipinski definition) is 2. The van der Waals surface area contributed by atoms with Crippen LogP contribution < -0.4 is 0 Å². The summed E-state index contributed by atoms with van der Waals surface area (Å²) in [6.45, 7) is 5.24. The topological polar surface area (TPSA) is 6.48 Å². The molecule has 2 heterocycles. The average molecular weight is 347 g/mol. The molecule has 120 valence electrons. The predicted octanol–water partition coefficient (Wildman–Crippen LogP) is 4.37. The van der Waals surface area contributed by atoms with Crippen LogP contribution in [0.4, 0.5) is 0 Å². The van der Waals surface area contributed by atoms with E-state index in [1.54, 1.807) is 0 Å². The van der Waals surface area contributed by atoms with Gasteiger partial charge < -0.3 is 0 Å². The lowest BCUT2D eigenvalue weighted by molar-refractivity contribution is 0.110. The Kier molecular flexibility index (Phi) is 4.33. The first-order chi connectivity index (χ1) is 11.2. The second-order valence-electron chi connectivity index (χ2n) is 6.57. The maximum atomic E-state index is 6.15. The van der Waals surface area contributed by atoms with Crippen molar-refractivity contribution in [2.45, 2.75) is 25.9 Å². The zero-order valence-electron chi connectivity index (χ0n) is 13.1. The van der Waals surface area contributed by atoms with Gasteiger partial charge in [-0.2, -0.15) is 0 Å². The molecule has 23 heavy (non-hydrogen) atoms. The molecule has 2 aromatic carbocycles. The van der Waals surface area contributed by atoms with E-state index in [9.17, 15) is 0 Å². The Morgan fingerprint density at radius 3 is 1.65 bits per heavy atom. The van der Waals surface area contributed by atoms with Gasteiger partial charge in [-0.15, -0.1) is 0 Å². The van der Waals surface area contributed by atoms with Gasteiger partial charge >= 0.3 is 0 Å². The van der Waals surface area contributed by atoms with Gasteiger partial charge in [-0.25, -0.2) is 0 Å². The summed E-state index contributed by atoms with van der Waals surface area (Å²) in [7, 11) is 0. The number of hydrogen-bond donors (Lipinski definition) is 0. The Bertz CT molecular complexity index is 668. The van der Waals surface area contributed by atoms with Crippen LogP contribution in [0.15, 0.2) is 36.4 Å². The lowest BCUT2D eigenvalue weighted by Crippen LogP contribution is -2.42. The van der Waals surface area contributed by atoms with Gasteiger partial charge in [0.05, 0.1) is 6.67 Å². The lowest BCUT2D eigenvalue weighted by Gasteiger charge is -2.36. The molecule has 0 unspecified atom stereocenters. The monoisotopic (exact) mass is 346 g/mol. The van der Waals surface area contributed by atoms with Crippen molar-refractivity contribution >= 4 is 23.2 Å². The van der Waals surface area contributed by atoms with E-state index in [4.69, 9.17) is 23.2 Å². The Hall–Kier alpha value is -1.06. The van der Waals surface area contributed by atoms with Crippen molar-refractivity contribution in [1.82, 2.24) is 9.80 Å². The van der Waals surface area contributed by atoms with Crippen LogP contribution in [0.2, 0.25) is 10.0 Å². The fourth-order valence-electron chi connectivity index (χ4n) is 3.69. The van der Waals surface area contributed by atoms with Gasteiger partial charge in [0, 0.05) is 36.2 Å². The molecule has 2 aliphatic heterocycles. The molecule has 0 aromatic heterocycles. The van der Waals surface area contributed by atoms with Gasteiger partial charge in [0.25, 0.3) is 0 Å². The molecular formula is C19H20Cl2N2. The van der Waals surface area contributed by atoms with Gasteiger partial charge in [-0.3, -0.25) is 9.80 Å². The maximum absolute atomic E-state index is 6.15. The molecule has 0 N–H and O–H groups in total. The van der Waals surface area contributed by atoms with Crippen molar-refractivity contribution in [2.24, 2.45) is 0 Å². The molecular weight excluding hydrogens is 327 g/mol. The van der Waals surface area contributed by atoms with Crippen molar-refractivity contribution in [2.75, 3.05) is 19.8 Å². The molecule has 4 rings (SSSR count). The van der Waals surface area contributed by atoms with Crippen LogP contribution in [0, 0.1) is 0 Å². The minimum Gasteiger partial charge on any atom is -0.286 e. The van der Waals surface area contributed by atoms with Crippen LogP contribution in [-0.4, -0.2) is 29.6 Å². The summed E-state index contributed by atoms with van der Waals surface area (Å²) in [5, 5.41) is 1.68. The molecule has 0 fully saturated rings. The zero-order chi connectivity index (χ0) is 15.8. The summed E-state index contributed by atoms with van der Waals surface area (Å²) in [4.78, 5) is 5.04. The van der Waals surface area contributed by atoms with E-state index in [1.807, 2.05) is 12.1 Å². The molecule has 0 aliphatic carbocycles. The van der Waals surface area contributed by atoms with Gasteiger partial charge in [-0.1, -0.05) is 35.3 Å². The summed E-state index contributed by atoms with van der Waals surface area (Å²) in [6.07, 6.45) is 2.23. The molecule has 0 amide bonds. The normalized spacial score (nSPS) is 18.5. The average Bonchev–Trinajstić information content (AvgIpc) is 2.54. The van der Waals surface area contributed by atoms with E-state index < -0.39 is 0 Å². The van der Waals surface area contributed by atoms with Gasteiger partial charge in [0.2, 0.25) is 0 Å². The molecule has 2 nitrogen and oxygen atoms in total. The summed E-state index contributed by atoms with van der Waals surface area (Å²) < 4.78 is 0. The zero-order valence-corrected chi connectivity index (χ0v) is 14.6. The molecule has 0 atom stereocenters. The smallest absolute Gasteiger partial charge is 0.0513 e. The van der Waals surface area contributed by atoms with Crippen LogP contribution in [0.1, 0.15) is 22.3 Å². The minimum atomic E-state index is 0.840. The third-order valence-corrected chi connectivity index (χ3v) is 5.39. The molecule has 0 radical (unpaired) electrons. The quantitative estimate of drug-likeness (QED) is 0.796. The van der Waals surface area contributed by atoms with Crippen LogP contribution in [0.25, 0.3) is 0 Å². The van der Waals surface area contributed by atoms with Crippen molar-refractivity contribution in [3.63, 3.8) is 0 Å². The largest absolute Gasteiger partial charge is 0.286 e. The van der Waals surface area contributed by atoms with Crippen LogP contribution in [0.3, 0.4) is 0 Å². The lowest BCUT2D eigenvalue weighted by atomic mass is 9.99. The van der Waals surface area contributed by atoms with E-state index in [0.29, 0.717) is 0 Å². The highest BCUT2D eigenvalue weighted by molar-refractivity contribution is 6.30. The van der Waals surface area contributed by atoms with E-state index in [2.05, 4.69) is 34.1 Å². The molecule has 0 saturated carbocycles. The number of fused-ring (bicyclic) bond motifs is 2. The fourth-order valence-corrected chi connectivity index (χ4v) is 4.08. The first-order valence-corrected chi connectivity index (χ1v) is 8.92. The summed E-state index contributed by atoms with van der Waals surface area (Å²) in [5.41, 5.74) is 5.65. The Balaban J connectivity index is 1.44. The second-order valence-corrected chi connectivity index (χ2v) is 7.45. The summed E-state index contributed by atoms with van der Waals surface area (Å²) in [5.74, 6) is 0. The molecule has 2 aromatic rings. The second kappa shape index (κ2) is 6.45. The molecule has 0 spiro atoms. The molecule has 0 bridgehead atoms. The fraction of sp³-hybridized carbons (Fsp3) is 0.368. The standard InChI is InChI=1S/C19H20Cl2N2/c20-18-3-1-14-5-7-22(11-16(14)9-18)13-23-8-6-15-2-4-19(21)10-17(15)12-23/h1-4,9-10H,5-8,11-13H2. The Morgan fingerprint density at radius 1 is 0.696 bits per heavy atom. The molecule has 4 heteroatoms. The number of rotatable bonds is 2. The van der Waals surface area contributed by atoms with Gasteiger partial charge in [0.1, 0.15) is 0 Å². The van der Waals surface area contributed by atoms with Crippen LogP contribution in [-0.2, 0) is 25.9 Å².